The van der Waals surface area contributed by atoms with E-state index in [-0.39, 0.29) is 0 Å². The highest BCUT2D eigenvalue weighted by Gasteiger charge is 2.69. The zero-order chi connectivity index (χ0) is 16.8. The number of carbonyl (C=O) groups is 2. The predicted octanol–water partition coefficient (Wildman–Crippen LogP) is 3.17. The SMILES string of the molecule is C[C@@]1(C(=O)OCC(=O)Nc2sc3c(c2C#N)CCC3)CC1(Cl)Cl. The van der Waals surface area contributed by atoms with E-state index in [4.69, 9.17) is 27.9 Å². The molecule has 0 bridgehead atoms. The van der Waals surface area contributed by atoms with Crippen molar-refractivity contribution in [3.05, 3.63) is 16.0 Å². The fraction of sp³-hybridized carbons (Fsp3) is 0.533. The van der Waals surface area contributed by atoms with Gasteiger partial charge in [-0.05, 0) is 31.7 Å². The van der Waals surface area contributed by atoms with Crippen LogP contribution in [0.2, 0.25) is 0 Å². The lowest BCUT2D eigenvalue weighted by molar-refractivity contribution is -0.152. The van der Waals surface area contributed by atoms with Crippen LogP contribution in [0.5, 0.6) is 0 Å². The van der Waals surface area contributed by atoms with Crippen molar-refractivity contribution in [2.75, 3.05) is 11.9 Å². The van der Waals surface area contributed by atoms with Gasteiger partial charge >= 0.3 is 5.97 Å². The van der Waals surface area contributed by atoms with Crippen LogP contribution < -0.4 is 5.32 Å². The van der Waals surface area contributed by atoms with Crippen molar-refractivity contribution in [3.8, 4) is 6.07 Å². The average Bonchev–Trinajstić information content (AvgIpc) is 2.84. The van der Waals surface area contributed by atoms with Gasteiger partial charge in [-0.25, -0.2) is 0 Å². The Morgan fingerprint density at radius 2 is 2.13 bits per heavy atom. The number of amides is 1. The fourth-order valence-electron chi connectivity index (χ4n) is 2.69. The highest BCUT2D eigenvalue weighted by molar-refractivity contribution is 7.16. The number of ether oxygens (including phenoxy) is 1. The summed E-state index contributed by atoms with van der Waals surface area (Å²) < 4.78 is 3.87. The van der Waals surface area contributed by atoms with Crippen molar-refractivity contribution in [1.82, 2.24) is 0 Å². The van der Waals surface area contributed by atoms with Gasteiger partial charge in [-0.3, -0.25) is 9.59 Å². The van der Waals surface area contributed by atoms with Crippen LogP contribution in [-0.2, 0) is 27.2 Å². The van der Waals surface area contributed by atoms with Gasteiger partial charge in [-0.1, -0.05) is 0 Å². The van der Waals surface area contributed by atoms with E-state index in [9.17, 15) is 14.9 Å². The first-order chi connectivity index (χ1) is 10.8. The molecule has 1 saturated carbocycles. The van der Waals surface area contributed by atoms with E-state index < -0.39 is 28.2 Å². The van der Waals surface area contributed by atoms with E-state index in [1.165, 1.54) is 11.3 Å². The Morgan fingerprint density at radius 1 is 1.43 bits per heavy atom. The van der Waals surface area contributed by atoms with Crippen LogP contribution in [0.1, 0.15) is 35.8 Å². The highest BCUT2D eigenvalue weighted by Crippen LogP contribution is 2.64. The number of nitriles is 1. The van der Waals surface area contributed by atoms with Crippen LogP contribution in [0.25, 0.3) is 0 Å². The molecule has 0 spiro atoms. The topological polar surface area (TPSA) is 79.2 Å². The molecule has 0 aromatic carbocycles. The van der Waals surface area contributed by atoms with E-state index >= 15 is 0 Å². The van der Waals surface area contributed by atoms with Gasteiger partial charge in [0.1, 0.15) is 20.8 Å². The Morgan fingerprint density at radius 3 is 2.74 bits per heavy atom. The van der Waals surface area contributed by atoms with E-state index in [2.05, 4.69) is 11.4 Å². The quantitative estimate of drug-likeness (QED) is 0.650. The molecule has 1 N–H and O–H groups in total. The number of hydrogen-bond donors (Lipinski definition) is 1. The summed E-state index contributed by atoms with van der Waals surface area (Å²) in [6.07, 6.45) is 3.15. The predicted molar refractivity (Wildman–Crippen MR) is 87.8 cm³/mol. The maximum Gasteiger partial charge on any atom is 0.315 e. The third-order valence-electron chi connectivity index (χ3n) is 4.33. The Labute approximate surface area is 147 Å². The smallest absolute Gasteiger partial charge is 0.315 e. The monoisotopic (exact) mass is 372 g/mol. The molecule has 8 heteroatoms. The van der Waals surface area contributed by atoms with Crippen LogP contribution in [0, 0.1) is 16.7 Å². The number of halogens is 2. The number of nitrogens with zero attached hydrogens (tertiary/aromatic N) is 1. The van der Waals surface area contributed by atoms with Crippen LogP contribution in [-0.4, -0.2) is 22.8 Å². The number of anilines is 1. The maximum absolute atomic E-state index is 12.0. The number of aryl methyl sites for hydroxylation is 1. The largest absolute Gasteiger partial charge is 0.455 e. The lowest BCUT2D eigenvalue weighted by Gasteiger charge is -2.11. The molecule has 1 aromatic heterocycles. The van der Waals surface area contributed by atoms with Crippen molar-refractivity contribution < 1.29 is 14.3 Å². The molecule has 0 saturated heterocycles. The first kappa shape index (κ1) is 16.6. The van der Waals surface area contributed by atoms with Gasteiger partial charge in [0.25, 0.3) is 5.91 Å². The third kappa shape index (κ3) is 2.82. The average molecular weight is 373 g/mol. The Hall–Kier alpha value is -1.29. The molecule has 1 atom stereocenters. The second-order valence-corrected chi connectivity index (χ2v) is 8.60. The molecular weight excluding hydrogens is 359 g/mol. The third-order valence-corrected chi connectivity index (χ3v) is 6.64. The number of carbonyl (C=O) groups excluding carboxylic acids is 2. The van der Waals surface area contributed by atoms with E-state index in [1.807, 2.05) is 0 Å². The molecule has 0 radical (unpaired) electrons. The molecule has 3 rings (SSSR count). The first-order valence-corrected chi connectivity index (χ1v) is 8.75. The van der Waals surface area contributed by atoms with Crippen LogP contribution >= 0.6 is 34.5 Å². The molecular formula is C15H14Cl2N2O3S. The zero-order valence-corrected chi connectivity index (χ0v) is 14.7. The molecule has 2 aliphatic rings. The summed E-state index contributed by atoms with van der Waals surface area (Å²) in [5.41, 5.74) is 0.597. The molecule has 2 aliphatic carbocycles. The molecule has 5 nitrogen and oxygen atoms in total. The number of rotatable bonds is 4. The minimum Gasteiger partial charge on any atom is -0.455 e. The lowest BCUT2D eigenvalue weighted by Crippen LogP contribution is -2.26. The number of hydrogen-bond acceptors (Lipinski definition) is 5. The summed E-state index contributed by atoms with van der Waals surface area (Å²) in [5, 5.41) is 12.4. The summed E-state index contributed by atoms with van der Waals surface area (Å²) in [6.45, 7) is 1.18. The second kappa shape index (κ2) is 5.66. The summed E-state index contributed by atoms with van der Waals surface area (Å²) in [7, 11) is 0. The van der Waals surface area contributed by atoms with Crippen molar-refractivity contribution in [3.63, 3.8) is 0 Å². The molecule has 23 heavy (non-hydrogen) atoms. The van der Waals surface area contributed by atoms with Crippen LogP contribution in [0.4, 0.5) is 5.00 Å². The Balaban J connectivity index is 1.59. The molecule has 122 valence electrons. The standard InChI is InChI=1S/C15H14Cl2N2O3S/c1-14(7-15(14,16)17)13(21)22-6-11(20)19-12-9(5-18)8-3-2-4-10(8)23-12/h2-4,6-7H2,1H3,(H,19,20)/t14-/m0/s1. The number of esters is 1. The highest BCUT2D eigenvalue weighted by atomic mass is 35.5. The van der Waals surface area contributed by atoms with Gasteiger partial charge in [-0.15, -0.1) is 34.5 Å². The van der Waals surface area contributed by atoms with Crippen molar-refractivity contribution >= 4 is 51.4 Å². The van der Waals surface area contributed by atoms with Gasteiger partial charge in [0.05, 0.1) is 5.56 Å². The first-order valence-electron chi connectivity index (χ1n) is 7.18. The van der Waals surface area contributed by atoms with E-state index in [0.717, 1.165) is 29.7 Å². The van der Waals surface area contributed by atoms with Gasteiger partial charge in [-0.2, -0.15) is 5.26 Å². The van der Waals surface area contributed by atoms with Crippen molar-refractivity contribution in [2.24, 2.45) is 5.41 Å². The molecule has 1 amide bonds. The Bertz CT molecular complexity index is 738. The normalized spacial score (nSPS) is 23.7. The van der Waals surface area contributed by atoms with E-state index in [0.29, 0.717) is 17.0 Å². The minimum absolute atomic E-state index is 0.305. The molecule has 1 heterocycles. The molecule has 1 fully saturated rings. The second-order valence-electron chi connectivity index (χ2n) is 6.01. The molecule has 0 aliphatic heterocycles. The number of fused-ring (bicyclic) bond motifs is 1. The maximum atomic E-state index is 12.0. The van der Waals surface area contributed by atoms with Gasteiger partial charge in [0.15, 0.2) is 6.61 Å². The molecule has 0 unspecified atom stereocenters. The summed E-state index contributed by atoms with van der Waals surface area (Å²) in [5.74, 6) is -1.07. The van der Waals surface area contributed by atoms with Crippen molar-refractivity contribution in [2.45, 2.75) is 36.9 Å². The summed E-state index contributed by atoms with van der Waals surface area (Å²) >= 11 is 13.2. The zero-order valence-electron chi connectivity index (χ0n) is 12.4. The fourth-order valence-corrected chi connectivity index (χ4v) is 4.63. The number of thiophene rings is 1. The van der Waals surface area contributed by atoms with Crippen LogP contribution in [0.15, 0.2) is 0 Å². The van der Waals surface area contributed by atoms with Gasteiger partial charge in [0, 0.05) is 11.3 Å². The number of alkyl halides is 2. The Kier molecular flexibility index (Phi) is 4.07. The summed E-state index contributed by atoms with van der Waals surface area (Å²) in [6, 6.07) is 2.14. The number of nitrogens with one attached hydrogen (secondary N) is 1. The lowest BCUT2D eigenvalue weighted by atomic mass is 10.1. The summed E-state index contributed by atoms with van der Waals surface area (Å²) in [4.78, 5) is 25.0. The molecule has 1 aromatic rings. The van der Waals surface area contributed by atoms with Crippen molar-refractivity contribution in [1.29, 1.82) is 5.26 Å². The van der Waals surface area contributed by atoms with E-state index in [1.54, 1.807) is 6.92 Å². The van der Waals surface area contributed by atoms with Crippen LogP contribution in [0.3, 0.4) is 0 Å². The van der Waals surface area contributed by atoms with Gasteiger partial charge in [0.2, 0.25) is 0 Å². The minimum atomic E-state index is -1.12. The van der Waals surface area contributed by atoms with Gasteiger partial charge < -0.3 is 10.1 Å².